The second-order valence-electron chi connectivity index (χ2n) is 3.22. The summed E-state index contributed by atoms with van der Waals surface area (Å²) >= 11 is 0. The van der Waals surface area contributed by atoms with E-state index in [0.29, 0.717) is 12.2 Å². The molecule has 0 radical (unpaired) electrons. The minimum absolute atomic E-state index is 0.324. The molecule has 0 aromatic heterocycles. The van der Waals surface area contributed by atoms with Crippen LogP contribution in [0.5, 0.6) is 5.75 Å². The first-order chi connectivity index (χ1) is 7.27. The van der Waals surface area contributed by atoms with Gasteiger partial charge in [0.25, 0.3) is 0 Å². The van der Waals surface area contributed by atoms with Crippen LogP contribution in [-0.4, -0.2) is 19.7 Å². The van der Waals surface area contributed by atoms with Crippen LogP contribution in [0, 0.1) is 0 Å². The molecule has 1 rings (SSSR count). The van der Waals surface area contributed by atoms with E-state index in [4.69, 9.17) is 4.74 Å². The molecule has 3 heteroatoms. The Morgan fingerprint density at radius 1 is 1.27 bits per heavy atom. The van der Waals surface area contributed by atoms with Crippen LogP contribution in [0.2, 0.25) is 0 Å². The standard InChI is InChI=1S/C12H16O3/c1-3-4-9-15-11-7-5-10(6-8-11)12(13)14-2/h5-8H,3-4,9H2,1-2H3. The second-order valence-corrected chi connectivity index (χ2v) is 3.22. The summed E-state index contributed by atoms with van der Waals surface area (Å²) in [5.74, 6) is 0.464. The van der Waals surface area contributed by atoms with Crippen molar-refractivity contribution in [3.8, 4) is 5.75 Å². The Balaban J connectivity index is 2.52. The van der Waals surface area contributed by atoms with Gasteiger partial charge >= 0.3 is 5.97 Å². The number of hydrogen-bond donors (Lipinski definition) is 0. The third-order valence-electron chi connectivity index (χ3n) is 2.04. The maximum Gasteiger partial charge on any atom is 0.337 e. The Morgan fingerprint density at radius 2 is 1.93 bits per heavy atom. The van der Waals surface area contributed by atoms with Crippen LogP contribution in [0.15, 0.2) is 24.3 Å². The lowest BCUT2D eigenvalue weighted by atomic mass is 10.2. The van der Waals surface area contributed by atoms with Gasteiger partial charge in [-0.1, -0.05) is 13.3 Å². The van der Waals surface area contributed by atoms with Crippen LogP contribution < -0.4 is 4.74 Å². The molecule has 0 aliphatic carbocycles. The van der Waals surface area contributed by atoms with Gasteiger partial charge in [-0.25, -0.2) is 4.79 Å². The van der Waals surface area contributed by atoms with Crippen LogP contribution >= 0.6 is 0 Å². The molecule has 15 heavy (non-hydrogen) atoms. The molecule has 0 fully saturated rings. The van der Waals surface area contributed by atoms with E-state index in [-0.39, 0.29) is 5.97 Å². The summed E-state index contributed by atoms with van der Waals surface area (Å²) in [4.78, 5) is 11.1. The first kappa shape index (κ1) is 11.6. The summed E-state index contributed by atoms with van der Waals surface area (Å²) in [5.41, 5.74) is 0.542. The van der Waals surface area contributed by atoms with Gasteiger partial charge in [-0.3, -0.25) is 0 Å². The third-order valence-corrected chi connectivity index (χ3v) is 2.04. The summed E-state index contributed by atoms with van der Waals surface area (Å²) in [6, 6.07) is 6.96. The highest BCUT2D eigenvalue weighted by molar-refractivity contribution is 5.89. The molecule has 0 aliphatic rings. The van der Waals surface area contributed by atoms with Crippen LogP contribution in [0.4, 0.5) is 0 Å². The Bertz CT molecular complexity index is 303. The molecule has 1 aromatic carbocycles. The minimum atomic E-state index is -0.324. The molecule has 0 heterocycles. The number of methoxy groups -OCH3 is 1. The maximum atomic E-state index is 11.1. The van der Waals surface area contributed by atoms with E-state index in [1.54, 1.807) is 24.3 Å². The Labute approximate surface area is 90.0 Å². The lowest BCUT2D eigenvalue weighted by molar-refractivity contribution is 0.0600. The molecule has 0 atom stereocenters. The zero-order valence-electron chi connectivity index (χ0n) is 9.16. The van der Waals surface area contributed by atoms with Crippen molar-refractivity contribution in [3.63, 3.8) is 0 Å². The summed E-state index contributed by atoms with van der Waals surface area (Å²) in [6.07, 6.45) is 2.15. The normalized spacial score (nSPS) is 9.73. The van der Waals surface area contributed by atoms with Crippen LogP contribution in [0.25, 0.3) is 0 Å². The Hall–Kier alpha value is -1.51. The average molecular weight is 208 g/mol. The predicted octanol–water partition coefficient (Wildman–Crippen LogP) is 2.65. The molecule has 0 saturated heterocycles. The van der Waals surface area contributed by atoms with Gasteiger partial charge in [0.1, 0.15) is 5.75 Å². The van der Waals surface area contributed by atoms with E-state index in [1.165, 1.54) is 7.11 Å². The van der Waals surface area contributed by atoms with Crippen LogP contribution in [-0.2, 0) is 4.74 Å². The van der Waals surface area contributed by atoms with Gasteiger partial charge < -0.3 is 9.47 Å². The summed E-state index contributed by atoms with van der Waals surface area (Å²) in [7, 11) is 1.37. The van der Waals surface area contributed by atoms with E-state index in [2.05, 4.69) is 11.7 Å². The minimum Gasteiger partial charge on any atom is -0.494 e. The highest BCUT2D eigenvalue weighted by Crippen LogP contribution is 2.13. The van der Waals surface area contributed by atoms with Gasteiger partial charge in [-0.05, 0) is 30.7 Å². The van der Waals surface area contributed by atoms with Gasteiger partial charge in [0.05, 0.1) is 19.3 Å². The molecular formula is C12H16O3. The van der Waals surface area contributed by atoms with Crippen LogP contribution in [0.1, 0.15) is 30.1 Å². The first-order valence-corrected chi connectivity index (χ1v) is 5.09. The molecule has 0 spiro atoms. The Morgan fingerprint density at radius 3 is 2.47 bits per heavy atom. The molecule has 0 saturated carbocycles. The lowest BCUT2D eigenvalue weighted by Gasteiger charge is -2.05. The highest BCUT2D eigenvalue weighted by Gasteiger charge is 2.04. The number of hydrogen-bond acceptors (Lipinski definition) is 3. The first-order valence-electron chi connectivity index (χ1n) is 5.09. The number of carbonyl (C=O) groups excluding carboxylic acids is 1. The summed E-state index contributed by atoms with van der Waals surface area (Å²) < 4.78 is 10.1. The fourth-order valence-corrected chi connectivity index (χ4v) is 1.14. The average Bonchev–Trinajstić information content (AvgIpc) is 2.29. The fraction of sp³-hybridized carbons (Fsp3) is 0.417. The molecule has 82 valence electrons. The van der Waals surface area contributed by atoms with Crippen molar-refractivity contribution in [1.29, 1.82) is 0 Å². The van der Waals surface area contributed by atoms with Gasteiger partial charge in [0.2, 0.25) is 0 Å². The summed E-state index contributed by atoms with van der Waals surface area (Å²) in [5, 5.41) is 0. The molecule has 0 bridgehead atoms. The molecule has 0 N–H and O–H groups in total. The van der Waals surface area contributed by atoms with Crippen molar-refractivity contribution in [2.75, 3.05) is 13.7 Å². The number of ether oxygens (including phenoxy) is 2. The van der Waals surface area contributed by atoms with Gasteiger partial charge in [-0.15, -0.1) is 0 Å². The quantitative estimate of drug-likeness (QED) is 0.551. The zero-order valence-corrected chi connectivity index (χ0v) is 9.16. The van der Waals surface area contributed by atoms with E-state index >= 15 is 0 Å². The summed E-state index contributed by atoms with van der Waals surface area (Å²) in [6.45, 7) is 2.83. The van der Waals surface area contributed by atoms with E-state index < -0.39 is 0 Å². The molecule has 1 aromatic rings. The van der Waals surface area contributed by atoms with Gasteiger partial charge in [-0.2, -0.15) is 0 Å². The molecule has 0 unspecified atom stereocenters. The molecule has 3 nitrogen and oxygen atoms in total. The number of benzene rings is 1. The van der Waals surface area contributed by atoms with Crippen molar-refractivity contribution in [3.05, 3.63) is 29.8 Å². The highest BCUT2D eigenvalue weighted by atomic mass is 16.5. The van der Waals surface area contributed by atoms with Gasteiger partial charge in [0, 0.05) is 0 Å². The largest absolute Gasteiger partial charge is 0.494 e. The number of rotatable bonds is 5. The third kappa shape index (κ3) is 3.62. The van der Waals surface area contributed by atoms with Crippen molar-refractivity contribution in [2.24, 2.45) is 0 Å². The number of carbonyl (C=O) groups is 1. The fourth-order valence-electron chi connectivity index (χ4n) is 1.14. The SMILES string of the molecule is CCCCOc1ccc(C(=O)OC)cc1. The zero-order chi connectivity index (χ0) is 11.1. The Kier molecular flexibility index (Phi) is 4.68. The molecular weight excluding hydrogens is 192 g/mol. The van der Waals surface area contributed by atoms with Gasteiger partial charge in [0.15, 0.2) is 0 Å². The molecule has 0 aliphatic heterocycles. The van der Waals surface area contributed by atoms with E-state index in [9.17, 15) is 4.79 Å². The maximum absolute atomic E-state index is 11.1. The predicted molar refractivity (Wildman–Crippen MR) is 58.2 cm³/mol. The van der Waals surface area contributed by atoms with Crippen molar-refractivity contribution < 1.29 is 14.3 Å². The van der Waals surface area contributed by atoms with Crippen molar-refractivity contribution >= 4 is 5.97 Å². The number of esters is 1. The smallest absolute Gasteiger partial charge is 0.337 e. The topological polar surface area (TPSA) is 35.5 Å². The number of unbranched alkanes of at least 4 members (excludes halogenated alkanes) is 1. The molecule has 0 amide bonds. The van der Waals surface area contributed by atoms with E-state index in [0.717, 1.165) is 18.6 Å². The van der Waals surface area contributed by atoms with E-state index in [1.807, 2.05) is 0 Å². The van der Waals surface area contributed by atoms with Crippen LogP contribution in [0.3, 0.4) is 0 Å². The lowest BCUT2D eigenvalue weighted by Crippen LogP contribution is -2.01. The second kappa shape index (κ2) is 6.06. The monoisotopic (exact) mass is 208 g/mol. The van der Waals surface area contributed by atoms with Crippen molar-refractivity contribution in [1.82, 2.24) is 0 Å². The van der Waals surface area contributed by atoms with Crippen molar-refractivity contribution in [2.45, 2.75) is 19.8 Å².